The predicted molar refractivity (Wildman–Crippen MR) is 79.3 cm³/mol. The SMILES string of the molecule is Cc1ncc(CNC(C)C(O)Cc2ccccc2)s1. The zero-order valence-corrected chi connectivity index (χ0v) is 12.2. The van der Waals surface area contributed by atoms with Gasteiger partial charge in [-0.2, -0.15) is 0 Å². The zero-order chi connectivity index (χ0) is 13.7. The molecule has 0 saturated heterocycles. The van der Waals surface area contributed by atoms with E-state index in [-0.39, 0.29) is 12.1 Å². The first-order chi connectivity index (χ1) is 9.15. The van der Waals surface area contributed by atoms with E-state index in [0.29, 0.717) is 6.42 Å². The smallest absolute Gasteiger partial charge is 0.0897 e. The van der Waals surface area contributed by atoms with E-state index in [9.17, 15) is 5.11 Å². The lowest BCUT2D eigenvalue weighted by Crippen LogP contribution is -2.38. The minimum atomic E-state index is -0.378. The molecule has 2 N–H and O–H groups in total. The van der Waals surface area contributed by atoms with Crippen molar-refractivity contribution >= 4 is 11.3 Å². The molecule has 0 aliphatic heterocycles. The fraction of sp³-hybridized carbons (Fsp3) is 0.400. The maximum absolute atomic E-state index is 10.2. The minimum Gasteiger partial charge on any atom is -0.391 e. The number of benzene rings is 1. The van der Waals surface area contributed by atoms with E-state index < -0.39 is 0 Å². The normalized spacial score (nSPS) is 14.3. The number of hydrogen-bond donors (Lipinski definition) is 2. The van der Waals surface area contributed by atoms with Crippen LogP contribution in [0.4, 0.5) is 0 Å². The molecule has 0 aliphatic rings. The van der Waals surface area contributed by atoms with Crippen LogP contribution in [0.25, 0.3) is 0 Å². The number of rotatable bonds is 6. The van der Waals surface area contributed by atoms with E-state index in [4.69, 9.17) is 0 Å². The summed E-state index contributed by atoms with van der Waals surface area (Å²) in [6.07, 6.45) is 2.19. The Balaban J connectivity index is 1.80. The zero-order valence-electron chi connectivity index (χ0n) is 11.3. The Morgan fingerprint density at radius 2 is 2.05 bits per heavy atom. The van der Waals surface area contributed by atoms with E-state index in [1.54, 1.807) is 11.3 Å². The largest absolute Gasteiger partial charge is 0.391 e. The van der Waals surface area contributed by atoms with Gasteiger partial charge in [-0.05, 0) is 25.8 Å². The van der Waals surface area contributed by atoms with Gasteiger partial charge >= 0.3 is 0 Å². The van der Waals surface area contributed by atoms with Crippen molar-refractivity contribution in [2.45, 2.75) is 39.0 Å². The van der Waals surface area contributed by atoms with Crippen LogP contribution in [0.15, 0.2) is 36.5 Å². The third-order valence-electron chi connectivity index (χ3n) is 3.13. The number of nitrogens with zero attached hydrogens (tertiary/aromatic N) is 1. The first kappa shape index (κ1) is 14.2. The molecule has 1 aromatic heterocycles. The van der Waals surface area contributed by atoms with Crippen LogP contribution >= 0.6 is 11.3 Å². The molecule has 2 aromatic rings. The van der Waals surface area contributed by atoms with Gasteiger partial charge in [-0.15, -0.1) is 11.3 Å². The van der Waals surface area contributed by atoms with Gasteiger partial charge < -0.3 is 10.4 Å². The lowest BCUT2D eigenvalue weighted by atomic mass is 10.0. The van der Waals surface area contributed by atoms with Gasteiger partial charge in [-0.25, -0.2) is 4.98 Å². The number of aryl methyl sites for hydroxylation is 1. The number of hydrogen-bond acceptors (Lipinski definition) is 4. The molecular formula is C15H20N2OS. The van der Waals surface area contributed by atoms with Crippen molar-refractivity contribution in [3.63, 3.8) is 0 Å². The van der Waals surface area contributed by atoms with E-state index in [1.807, 2.05) is 50.4 Å². The van der Waals surface area contributed by atoms with Crippen molar-refractivity contribution in [2.75, 3.05) is 0 Å². The van der Waals surface area contributed by atoms with Crippen LogP contribution in [0.2, 0.25) is 0 Å². The Bertz CT molecular complexity index is 498. The lowest BCUT2D eigenvalue weighted by Gasteiger charge is -2.20. The Morgan fingerprint density at radius 1 is 1.32 bits per heavy atom. The summed E-state index contributed by atoms with van der Waals surface area (Å²) in [6.45, 7) is 4.78. The molecule has 0 bridgehead atoms. The number of nitrogens with one attached hydrogen (secondary N) is 1. The van der Waals surface area contributed by atoms with Crippen LogP contribution in [-0.2, 0) is 13.0 Å². The van der Waals surface area contributed by atoms with E-state index in [2.05, 4.69) is 10.3 Å². The molecule has 2 atom stereocenters. The first-order valence-electron chi connectivity index (χ1n) is 6.52. The van der Waals surface area contributed by atoms with Crippen LogP contribution in [0.3, 0.4) is 0 Å². The van der Waals surface area contributed by atoms with E-state index in [0.717, 1.165) is 17.1 Å². The van der Waals surface area contributed by atoms with E-state index >= 15 is 0 Å². The highest BCUT2D eigenvalue weighted by atomic mass is 32.1. The fourth-order valence-electron chi connectivity index (χ4n) is 1.92. The summed E-state index contributed by atoms with van der Waals surface area (Å²) in [5.74, 6) is 0. The van der Waals surface area contributed by atoms with E-state index in [1.165, 1.54) is 4.88 Å². The summed E-state index contributed by atoms with van der Waals surface area (Å²) in [6, 6.07) is 10.1. The van der Waals surface area contributed by atoms with Crippen molar-refractivity contribution in [2.24, 2.45) is 0 Å². The Labute approximate surface area is 118 Å². The van der Waals surface area contributed by atoms with Gasteiger partial charge in [0.05, 0.1) is 11.1 Å². The second kappa shape index (κ2) is 6.80. The Morgan fingerprint density at radius 3 is 2.68 bits per heavy atom. The summed E-state index contributed by atoms with van der Waals surface area (Å²) < 4.78 is 0. The molecule has 0 saturated carbocycles. The average Bonchev–Trinajstić information content (AvgIpc) is 2.83. The van der Waals surface area contributed by atoms with Crippen LogP contribution in [0.5, 0.6) is 0 Å². The molecule has 0 amide bonds. The monoisotopic (exact) mass is 276 g/mol. The van der Waals surface area contributed by atoms with Gasteiger partial charge in [0.15, 0.2) is 0 Å². The van der Waals surface area contributed by atoms with Crippen LogP contribution in [-0.4, -0.2) is 22.2 Å². The third kappa shape index (κ3) is 4.42. The molecule has 102 valence electrons. The first-order valence-corrected chi connectivity index (χ1v) is 7.33. The highest BCUT2D eigenvalue weighted by Crippen LogP contribution is 2.12. The van der Waals surface area contributed by atoms with Crippen molar-refractivity contribution in [1.29, 1.82) is 0 Å². The number of aliphatic hydroxyl groups excluding tert-OH is 1. The van der Waals surface area contributed by atoms with Crippen LogP contribution in [0.1, 0.15) is 22.4 Å². The van der Waals surface area contributed by atoms with Gasteiger partial charge in [0.1, 0.15) is 0 Å². The van der Waals surface area contributed by atoms with Crippen LogP contribution < -0.4 is 5.32 Å². The summed E-state index contributed by atoms with van der Waals surface area (Å²) >= 11 is 1.69. The molecule has 0 radical (unpaired) electrons. The second-order valence-electron chi connectivity index (χ2n) is 4.77. The van der Waals surface area contributed by atoms with Crippen molar-refractivity contribution in [3.8, 4) is 0 Å². The molecule has 2 rings (SSSR count). The van der Waals surface area contributed by atoms with Gasteiger partial charge in [-0.3, -0.25) is 0 Å². The number of aromatic nitrogens is 1. The summed E-state index contributed by atoms with van der Waals surface area (Å²) in [4.78, 5) is 5.43. The minimum absolute atomic E-state index is 0.0580. The summed E-state index contributed by atoms with van der Waals surface area (Å²) in [7, 11) is 0. The molecule has 0 aliphatic carbocycles. The lowest BCUT2D eigenvalue weighted by molar-refractivity contribution is 0.134. The standard InChI is InChI=1S/C15H20N2OS/c1-11(16-9-14-10-17-12(2)19-14)15(18)8-13-6-4-3-5-7-13/h3-7,10-11,15-16,18H,8-9H2,1-2H3. The quantitative estimate of drug-likeness (QED) is 0.852. The molecular weight excluding hydrogens is 256 g/mol. The Hall–Kier alpha value is -1.23. The van der Waals surface area contributed by atoms with Gasteiger partial charge in [0.25, 0.3) is 0 Å². The van der Waals surface area contributed by atoms with Gasteiger partial charge in [-0.1, -0.05) is 30.3 Å². The molecule has 2 unspecified atom stereocenters. The topological polar surface area (TPSA) is 45.2 Å². The maximum Gasteiger partial charge on any atom is 0.0897 e. The summed E-state index contributed by atoms with van der Waals surface area (Å²) in [5, 5.41) is 14.6. The molecule has 0 fully saturated rings. The van der Waals surface area contributed by atoms with Crippen molar-refractivity contribution in [1.82, 2.24) is 10.3 Å². The summed E-state index contributed by atoms with van der Waals surface area (Å²) in [5.41, 5.74) is 1.16. The van der Waals surface area contributed by atoms with Gasteiger partial charge in [0, 0.05) is 23.7 Å². The highest BCUT2D eigenvalue weighted by molar-refractivity contribution is 7.11. The molecule has 1 aromatic carbocycles. The fourth-order valence-corrected chi connectivity index (χ4v) is 2.66. The number of aliphatic hydroxyl groups is 1. The van der Waals surface area contributed by atoms with Crippen LogP contribution in [0, 0.1) is 6.92 Å². The molecule has 1 heterocycles. The third-order valence-corrected chi connectivity index (χ3v) is 4.04. The van der Waals surface area contributed by atoms with Gasteiger partial charge in [0.2, 0.25) is 0 Å². The number of thiazole rings is 1. The maximum atomic E-state index is 10.2. The molecule has 0 spiro atoms. The average molecular weight is 276 g/mol. The van der Waals surface area contributed by atoms with Crippen molar-refractivity contribution < 1.29 is 5.11 Å². The predicted octanol–water partition coefficient (Wildman–Crippen LogP) is 2.53. The molecule has 19 heavy (non-hydrogen) atoms. The van der Waals surface area contributed by atoms with Crippen molar-refractivity contribution in [3.05, 3.63) is 52.0 Å². The molecule has 4 heteroatoms. The Kier molecular flexibility index (Phi) is 5.07. The second-order valence-corrected chi connectivity index (χ2v) is 6.09. The highest BCUT2D eigenvalue weighted by Gasteiger charge is 2.14. The molecule has 3 nitrogen and oxygen atoms in total.